The van der Waals surface area contributed by atoms with Crippen molar-refractivity contribution >= 4 is 16.8 Å². The van der Waals surface area contributed by atoms with Crippen LogP contribution in [0.4, 0.5) is 0 Å². The fourth-order valence-electron chi connectivity index (χ4n) is 4.48. The molecular weight excluding hydrogens is 336 g/mol. The van der Waals surface area contributed by atoms with E-state index in [9.17, 15) is 0 Å². The number of hydrogen-bond acceptors (Lipinski definition) is 0. The molecule has 1 radical (unpaired) electrons. The smallest absolute Gasteiger partial charge is 0.0572 e. The van der Waals surface area contributed by atoms with Crippen LogP contribution in [-0.2, 0) is 6.42 Å². The van der Waals surface area contributed by atoms with Crippen LogP contribution in [0.5, 0.6) is 0 Å². The molecule has 0 saturated heterocycles. The van der Waals surface area contributed by atoms with E-state index in [4.69, 9.17) is 0 Å². The average molecular weight is 368 g/mol. The van der Waals surface area contributed by atoms with Gasteiger partial charge in [0.1, 0.15) is 0 Å². The largest absolute Gasteiger partial charge is 0.0674 e. The van der Waals surface area contributed by atoms with Crippen LogP contribution >= 0.6 is 0 Å². The van der Waals surface area contributed by atoms with E-state index >= 15 is 0 Å². The molecule has 0 aliphatic heterocycles. The lowest BCUT2D eigenvalue weighted by Crippen LogP contribution is -2.04. The van der Waals surface area contributed by atoms with Gasteiger partial charge >= 0.3 is 0 Å². The zero-order valence-electron chi connectivity index (χ0n) is 17.1. The molecule has 0 unspecified atom stereocenters. The molecule has 0 nitrogen and oxygen atoms in total. The molecule has 0 aromatic heterocycles. The fourth-order valence-corrected chi connectivity index (χ4v) is 4.48. The summed E-state index contributed by atoms with van der Waals surface area (Å²) in [7, 11) is 0. The maximum atomic E-state index is 2.37. The van der Waals surface area contributed by atoms with Gasteiger partial charge in [-0.1, -0.05) is 118 Å². The SMILES string of the molecule is CCCCCCCCCc1ccc2ccccc2c1[C]1C=Cc2ccccc21. The van der Waals surface area contributed by atoms with Crippen molar-refractivity contribution in [2.75, 3.05) is 0 Å². The third-order valence-electron chi connectivity index (χ3n) is 6.01. The Bertz CT molecular complexity index is 947. The van der Waals surface area contributed by atoms with Crippen molar-refractivity contribution in [3.8, 4) is 0 Å². The Labute approximate surface area is 170 Å². The van der Waals surface area contributed by atoms with Gasteiger partial charge in [0, 0.05) is 0 Å². The highest BCUT2D eigenvalue weighted by molar-refractivity contribution is 5.92. The van der Waals surface area contributed by atoms with Crippen LogP contribution in [-0.4, -0.2) is 0 Å². The third-order valence-corrected chi connectivity index (χ3v) is 6.01. The minimum absolute atomic E-state index is 1.17. The lowest BCUT2D eigenvalue weighted by molar-refractivity contribution is 0.589. The van der Waals surface area contributed by atoms with Crippen molar-refractivity contribution < 1.29 is 0 Å². The Hall–Kier alpha value is -2.34. The molecule has 0 saturated carbocycles. The summed E-state index contributed by atoms with van der Waals surface area (Å²) in [5, 5.41) is 2.73. The summed E-state index contributed by atoms with van der Waals surface area (Å²) in [5.74, 6) is 1.39. The Balaban J connectivity index is 1.58. The minimum atomic E-state index is 1.17. The summed E-state index contributed by atoms with van der Waals surface area (Å²) in [6, 6.07) is 22.3. The monoisotopic (exact) mass is 367 g/mol. The molecule has 0 heteroatoms. The van der Waals surface area contributed by atoms with Crippen LogP contribution in [0.25, 0.3) is 16.8 Å². The molecule has 4 rings (SSSR count). The molecule has 1 aliphatic carbocycles. The van der Waals surface area contributed by atoms with Crippen molar-refractivity contribution in [3.63, 3.8) is 0 Å². The second-order valence-electron chi connectivity index (χ2n) is 8.03. The second kappa shape index (κ2) is 9.24. The molecular formula is C28H31. The van der Waals surface area contributed by atoms with Crippen LogP contribution in [0.15, 0.2) is 66.7 Å². The summed E-state index contributed by atoms with van der Waals surface area (Å²) in [5.41, 5.74) is 5.67. The first-order valence-corrected chi connectivity index (χ1v) is 11.0. The predicted molar refractivity (Wildman–Crippen MR) is 123 cm³/mol. The van der Waals surface area contributed by atoms with E-state index in [0.29, 0.717) is 0 Å². The maximum Gasteiger partial charge on any atom is 0.0572 e. The quantitative estimate of drug-likeness (QED) is 0.335. The van der Waals surface area contributed by atoms with Gasteiger partial charge in [-0.15, -0.1) is 0 Å². The van der Waals surface area contributed by atoms with Crippen LogP contribution in [0.2, 0.25) is 0 Å². The maximum absolute atomic E-state index is 2.37. The molecule has 0 bridgehead atoms. The lowest BCUT2D eigenvalue weighted by Gasteiger charge is -2.19. The molecule has 28 heavy (non-hydrogen) atoms. The zero-order chi connectivity index (χ0) is 19.2. The standard InChI is InChI=1S/C28H31/c1-2-3-4-5-6-7-8-15-24-19-18-23-14-10-12-17-26(23)28(24)27-21-20-22-13-9-11-16-25(22)27/h9-14,16-21H,2-8,15H2,1H3. The lowest BCUT2D eigenvalue weighted by atomic mass is 9.84. The first-order valence-electron chi connectivity index (χ1n) is 11.0. The second-order valence-corrected chi connectivity index (χ2v) is 8.03. The Morgan fingerprint density at radius 1 is 0.643 bits per heavy atom. The van der Waals surface area contributed by atoms with Crippen LogP contribution in [0.1, 0.15) is 74.1 Å². The van der Waals surface area contributed by atoms with E-state index in [0.717, 1.165) is 0 Å². The zero-order valence-corrected chi connectivity index (χ0v) is 17.1. The molecule has 0 fully saturated rings. The molecule has 3 aromatic carbocycles. The van der Waals surface area contributed by atoms with Gasteiger partial charge in [0.05, 0.1) is 5.92 Å². The fraction of sp³-hybridized carbons (Fsp3) is 0.321. The summed E-state index contributed by atoms with van der Waals surface area (Å²) in [6.07, 6.45) is 15.3. The highest BCUT2D eigenvalue weighted by Gasteiger charge is 2.23. The van der Waals surface area contributed by atoms with E-state index < -0.39 is 0 Å². The normalized spacial score (nSPS) is 13.3. The number of aryl methyl sites for hydroxylation is 1. The third kappa shape index (κ3) is 4.07. The number of rotatable bonds is 9. The first kappa shape index (κ1) is 19.0. The summed E-state index contributed by atoms with van der Waals surface area (Å²) < 4.78 is 0. The number of allylic oxidation sites excluding steroid dienone is 1. The van der Waals surface area contributed by atoms with Gasteiger partial charge in [0.2, 0.25) is 0 Å². The van der Waals surface area contributed by atoms with Gasteiger partial charge in [0.15, 0.2) is 0 Å². The van der Waals surface area contributed by atoms with Crippen molar-refractivity contribution in [1.82, 2.24) is 0 Å². The van der Waals surface area contributed by atoms with E-state index in [1.807, 2.05) is 0 Å². The minimum Gasteiger partial charge on any atom is -0.0674 e. The summed E-state index contributed by atoms with van der Waals surface area (Å²) >= 11 is 0. The van der Waals surface area contributed by atoms with Gasteiger partial charge in [-0.25, -0.2) is 0 Å². The Morgan fingerprint density at radius 2 is 1.39 bits per heavy atom. The Kier molecular flexibility index (Phi) is 6.27. The molecule has 143 valence electrons. The van der Waals surface area contributed by atoms with Crippen LogP contribution in [0.3, 0.4) is 0 Å². The van der Waals surface area contributed by atoms with Crippen LogP contribution < -0.4 is 0 Å². The summed E-state index contributed by atoms with van der Waals surface area (Å²) in [6.45, 7) is 2.29. The highest BCUT2D eigenvalue weighted by atomic mass is 14.3. The van der Waals surface area contributed by atoms with E-state index in [1.54, 1.807) is 0 Å². The van der Waals surface area contributed by atoms with Crippen molar-refractivity contribution in [2.45, 2.75) is 58.3 Å². The van der Waals surface area contributed by atoms with Gasteiger partial charge in [-0.3, -0.25) is 0 Å². The molecule has 0 N–H and O–H groups in total. The van der Waals surface area contributed by atoms with Crippen molar-refractivity contribution in [2.24, 2.45) is 0 Å². The van der Waals surface area contributed by atoms with Gasteiger partial charge in [0.25, 0.3) is 0 Å². The number of fused-ring (bicyclic) bond motifs is 2. The first-order chi connectivity index (χ1) is 13.9. The van der Waals surface area contributed by atoms with E-state index in [2.05, 4.69) is 79.7 Å². The molecule has 0 heterocycles. The van der Waals surface area contributed by atoms with Gasteiger partial charge in [-0.2, -0.15) is 0 Å². The predicted octanol–water partition coefficient (Wildman–Crippen LogP) is 8.13. The van der Waals surface area contributed by atoms with Crippen molar-refractivity contribution in [3.05, 3.63) is 94.9 Å². The van der Waals surface area contributed by atoms with Crippen molar-refractivity contribution in [1.29, 1.82) is 0 Å². The Morgan fingerprint density at radius 3 is 2.29 bits per heavy atom. The molecule has 0 spiro atoms. The molecule has 3 aromatic rings. The number of hydrogen-bond donors (Lipinski definition) is 0. The summed E-state index contributed by atoms with van der Waals surface area (Å²) in [4.78, 5) is 0. The van der Waals surface area contributed by atoms with Gasteiger partial charge < -0.3 is 0 Å². The molecule has 0 atom stereocenters. The van der Waals surface area contributed by atoms with Gasteiger partial charge in [-0.05, 0) is 45.9 Å². The topological polar surface area (TPSA) is 0 Å². The average Bonchev–Trinajstić information content (AvgIpc) is 3.16. The van der Waals surface area contributed by atoms with E-state index in [-0.39, 0.29) is 0 Å². The highest BCUT2D eigenvalue weighted by Crippen LogP contribution is 2.39. The molecule has 0 amide bonds. The van der Waals surface area contributed by atoms with E-state index in [1.165, 1.54) is 90.3 Å². The molecule has 1 aliphatic rings. The number of benzene rings is 3. The number of unbranched alkanes of at least 4 members (excludes halogenated alkanes) is 6. The van der Waals surface area contributed by atoms with Crippen LogP contribution in [0, 0.1) is 5.92 Å².